The summed E-state index contributed by atoms with van der Waals surface area (Å²) in [6.45, 7) is 0. The molecule has 8 nitrogen and oxygen atoms in total. The van der Waals surface area contributed by atoms with Crippen LogP contribution >= 0.6 is 0 Å². The monoisotopic (exact) mass is 352 g/mol. The zero-order valence-electron chi connectivity index (χ0n) is 11.4. The van der Waals surface area contributed by atoms with E-state index in [9.17, 15) is 8.42 Å². The van der Waals surface area contributed by atoms with Gasteiger partial charge in [-0.15, -0.1) is 0 Å². The van der Waals surface area contributed by atoms with Crippen LogP contribution in [0.3, 0.4) is 0 Å². The third kappa shape index (κ3) is 4.13. The number of aromatic nitrogens is 2. The van der Waals surface area contributed by atoms with Gasteiger partial charge in [0.1, 0.15) is 6.33 Å². The molecule has 116 valence electrons. The van der Waals surface area contributed by atoms with Gasteiger partial charge in [0.2, 0.25) is 5.75 Å². The Hall–Kier alpha value is -1.29. The molecule has 0 atom stereocenters. The Bertz CT molecular complexity index is 737. The summed E-state index contributed by atoms with van der Waals surface area (Å²) < 4.78 is 36.9. The van der Waals surface area contributed by atoms with Crippen LogP contribution in [0.1, 0.15) is 0 Å². The normalized spacial score (nSPS) is 10.5. The number of nitrogens with two attached hydrogens (primary N) is 1. The molecule has 0 saturated heterocycles. The Kier molecular flexibility index (Phi) is 6.66. The molecule has 0 spiro atoms. The molecular formula is C12H16CaN4O4S. The number of benzene rings is 1. The second-order valence-corrected chi connectivity index (χ2v) is 5.62. The van der Waals surface area contributed by atoms with Crippen LogP contribution in [0.15, 0.2) is 35.5 Å². The number of ether oxygens (including phenoxy) is 2. The van der Waals surface area contributed by atoms with Crippen LogP contribution in [0.5, 0.6) is 11.6 Å². The van der Waals surface area contributed by atoms with Gasteiger partial charge in [-0.25, -0.2) is 13.4 Å². The number of nitrogens with one attached hydrogen (secondary N) is 1. The second kappa shape index (κ2) is 7.82. The number of hydrogen-bond acceptors (Lipinski definition) is 7. The van der Waals surface area contributed by atoms with Crippen molar-refractivity contribution in [1.82, 2.24) is 9.97 Å². The molecule has 0 radical (unpaired) electrons. The SMILES string of the molecule is COc1ncnc(NS(=O)(=O)c2ccc(N)cc2)c1OC.[CaH2]. The number of methoxy groups -OCH3 is 2. The third-order valence-corrected chi connectivity index (χ3v) is 3.94. The topological polar surface area (TPSA) is 116 Å². The molecule has 1 heterocycles. The first-order valence-electron chi connectivity index (χ1n) is 5.79. The fourth-order valence-electron chi connectivity index (χ4n) is 1.59. The molecule has 0 saturated carbocycles. The Morgan fingerprint density at radius 2 is 1.73 bits per heavy atom. The van der Waals surface area contributed by atoms with Crippen molar-refractivity contribution in [2.75, 3.05) is 24.7 Å². The summed E-state index contributed by atoms with van der Waals surface area (Å²) in [4.78, 5) is 7.74. The van der Waals surface area contributed by atoms with Crippen molar-refractivity contribution in [2.24, 2.45) is 0 Å². The van der Waals surface area contributed by atoms with Crippen molar-refractivity contribution in [3.05, 3.63) is 30.6 Å². The van der Waals surface area contributed by atoms with E-state index < -0.39 is 10.0 Å². The Balaban J connectivity index is 0.00000242. The molecule has 0 amide bonds. The number of nitrogens with zero attached hydrogens (tertiary/aromatic N) is 2. The molecule has 0 aliphatic rings. The van der Waals surface area contributed by atoms with E-state index in [1.807, 2.05) is 0 Å². The fraction of sp³-hybridized carbons (Fsp3) is 0.167. The third-order valence-electron chi connectivity index (χ3n) is 2.59. The molecule has 3 N–H and O–H groups in total. The van der Waals surface area contributed by atoms with Crippen molar-refractivity contribution < 1.29 is 17.9 Å². The van der Waals surface area contributed by atoms with E-state index in [1.54, 1.807) is 0 Å². The van der Waals surface area contributed by atoms with Crippen LogP contribution in [0.2, 0.25) is 0 Å². The molecular weight excluding hydrogens is 336 g/mol. The van der Waals surface area contributed by atoms with Crippen LogP contribution < -0.4 is 19.9 Å². The molecule has 10 heteroatoms. The standard InChI is InChI=1S/C12H14N4O4S.Ca.2H/c1-19-10-11(14-7-15-12(10)20-2)16-21(17,18)9-5-3-8(13)4-6-9;;;/h3-7H,13H2,1-2H3,(H,14,15,16);;;. The first-order valence-corrected chi connectivity index (χ1v) is 7.27. The molecule has 22 heavy (non-hydrogen) atoms. The number of nitrogen functional groups attached to an aromatic ring is 1. The summed E-state index contributed by atoms with van der Waals surface area (Å²) in [5, 5.41) is 0. The van der Waals surface area contributed by atoms with Gasteiger partial charge in [-0.05, 0) is 24.3 Å². The van der Waals surface area contributed by atoms with Gasteiger partial charge in [-0.1, -0.05) is 0 Å². The molecule has 0 fully saturated rings. The minimum atomic E-state index is -3.82. The van der Waals surface area contributed by atoms with Crippen molar-refractivity contribution >= 4 is 59.3 Å². The minimum absolute atomic E-state index is 0. The van der Waals surface area contributed by atoms with Gasteiger partial charge in [0, 0.05) is 5.69 Å². The summed E-state index contributed by atoms with van der Waals surface area (Å²) in [5.74, 6) is 0.211. The quantitative estimate of drug-likeness (QED) is 0.573. The van der Waals surface area contributed by atoms with Gasteiger partial charge >= 0.3 is 37.7 Å². The predicted molar refractivity (Wildman–Crippen MR) is 85.3 cm³/mol. The number of anilines is 2. The van der Waals surface area contributed by atoms with E-state index in [0.717, 1.165) is 0 Å². The number of rotatable bonds is 5. The van der Waals surface area contributed by atoms with Crippen LogP contribution in [-0.4, -0.2) is 70.3 Å². The van der Waals surface area contributed by atoms with Crippen molar-refractivity contribution in [2.45, 2.75) is 4.90 Å². The molecule has 0 aliphatic heterocycles. The number of sulfonamides is 1. The first kappa shape index (κ1) is 18.8. The van der Waals surface area contributed by atoms with Crippen LogP contribution in [0.4, 0.5) is 11.5 Å². The Morgan fingerprint density at radius 1 is 1.09 bits per heavy atom. The maximum absolute atomic E-state index is 12.3. The Morgan fingerprint density at radius 3 is 2.27 bits per heavy atom. The fourth-order valence-corrected chi connectivity index (χ4v) is 2.61. The molecule has 0 bridgehead atoms. The number of hydrogen-bond donors (Lipinski definition) is 2. The average molecular weight is 352 g/mol. The molecule has 1 aromatic heterocycles. The first-order chi connectivity index (χ1) is 9.97. The van der Waals surface area contributed by atoms with E-state index in [2.05, 4.69) is 14.7 Å². The van der Waals surface area contributed by atoms with E-state index in [1.165, 1.54) is 44.8 Å². The van der Waals surface area contributed by atoms with Gasteiger partial charge in [0.05, 0.1) is 19.1 Å². The summed E-state index contributed by atoms with van der Waals surface area (Å²) in [6.07, 6.45) is 1.17. The Labute approximate surface area is 158 Å². The van der Waals surface area contributed by atoms with E-state index in [-0.39, 0.29) is 60.1 Å². The summed E-state index contributed by atoms with van der Waals surface area (Å²) in [6, 6.07) is 5.77. The van der Waals surface area contributed by atoms with E-state index in [4.69, 9.17) is 15.2 Å². The van der Waals surface area contributed by atoms with Crippen LogP contribution in [0, 0.1) is 0 Å². The summed E-state index contributed by atoms with van der Waals surface area (Å²) >= 11 is 0. The van der Waals surface area contributed by atoms with Crippen LogP contribution in [-0.2, 0) is 10.0 Å². The zero-order valence-corrected chi connectivity index (χ0v) is 12.2. The summed E-state index contributed by atoms with van der Waals surface area (Å²) in [7, 11) is -1.06. The van der Waals surface area contributed by atoms with E-state index in [0.29, 0.717) is 5.69 Å². The summed E-state index contributed by atoms with van der Waals surface area (Å²) in [5.41, 5.74) is 6.00. The van der Waals surface area contributed by atoms with Crippen LogP contribution in [0.25, 0.3) is 0 Å². The van der Waals surface area contributed by atoms with Gasteiger partial charge in [-0.2, -0.15) is 4.98 Å². The van der Waals surface area contributed by atoms with Gasteiger partial charge in [0.25, 0.3) is 15.9 Å². The molecule has 2 rings (SSSR count). The molecule has 0 unspecified atom stereocenters. The van der Waals surface area contributed by atoms with Crippen molar-refractivity contribution in [3.63, 3.8) is 0 Å². The second-order valence-electron chi connectivity index (χ2n) is 3.94. The van der Waals surface area contributed by atoms with E-state index >= 15 is 0 Å². The predicted octanol–water partition coefficient (Wildman–Crippen LogP) is -0.0394. The van der Waals surface area contributed by atoms with Gasteiger partial charge in [-0.3, -0.25) is 4.72 Å². The zero-order chi connectivity index (χ0) is 15.5. The molecule has 0 aliphatic carbocycles. The van der Waals surface area contributed by atoms with Crippen molar-refractivity contribution in [1.29, 1.82) is 0 Å². The molecule has 2 aromatic rings. The van der Waals surface area contributed by atoms with Gasteiger partial charge in [0.15, 0.2) is 5.82 Å². The van der Waals surface area contributed by atoms with Crippen molar-refractivity contribution in [3.8, 4) is 11.6 Å². The maximum atomic E-state index is 12.3. The van der Waals surface area contributed by atoms with Gasteiger partial charge < -0.3 is 15.2 Å². The average Bonchev–Trinajstić information content (AvgIpc) is 2.47. The molecule has 1 aromatic carbocycles.